The summed E-state index contributed by atoms with van der Waals surface area (Å²) in [7, 11) is 0. The van der Waals surface area contributed by atoms with Gasteiger partial charge in [0, 0.05) is 37.9 Å². The fourth-order valence-electron chi connectivity index (χ4n) is 3.14. The number of nitrogens with zero attached hydrogens (tertiary/aromatic N) is 2. The highest BCUT2D eigenvalue weighted by molar-refractivity contribution is 5.81. The van der Waals surface area contributed by atoms with Crippen LogP contribution in [0, 0.1) is 13.8 Å². The molecule has 4 heteroatoms. The van der Waals surface area contributed by atoms with Crippen molar-refractivity contribution in [3.05, 3.63) is 29.3 Å². The lowest BCUT2D eigenvalue weighted by atomic mass is 10.1. The maximum Gasteiger partial charge on any atom is 0.237 e. The molecule has 1 aliphatic heterocycles. The topological polar surface area (TPSA) is 35.6 Å². The molecular formula is C18H27N3O. The molecule has 0 spiro atoms. The molecule has 1 amide bonds. The molecule has 1 aromatic carbocycles. The van der Waals surface area contributed by atoms with Gasteiger partial charge in [-0.15, -0.1) is 0 Å². The van der Waals surface area contributed by atoms with Gasteiger partial charge >= 0.3 is 0 Å². The third-order valence-corrected chi connectivity index (χ3v) is 5.08. The minimum atomic E-state index is -0.0126. The van der Waals surface area contributed by atoms with Crippen LogP contribution in [0.15, 0.2) is 18.2 Å². The van der Waals surface area contributed by atoms with E-state index in [1.165, 1.54) is 16.8 Å². The average molecular weight is 301 g/mol. The number of rotatable bonds is 4. The van der Waals surface area contributed by atoms with Crippen molar-refractivity contribution >= 4 is 11.6 Å². The van der Waals surface area contributed by atoms with Gasteiger partial charge in [-0.3, -0.25) is 9.69 Å². The van der Waals surface area contributed by atoms with Crippen LogP contribution >= 0.6 is 0 Å². The Bertz CT molecular complexity index is 545. The number of hydrogen-bond acceptors (Lipinski definition) is 3. The Morgan fingerprint density at radius 1 is 1.18 bits per heavy atom. The van der Waals surface area contributed by atoms with Crippen molar-refractivity contribution in [1.29, 1.82) is 0 Å². The van der Waals surface area contributed by atoms with Crippen molar-refractivity contribution in [3.8, 4) is 0 Å². The van der Waals surface area contributed by atoms with Crippen molar-refractivity contribution in [2.75, 3.05) is 31.1 Å². The number of hydrogen-bond donors (Lipinski definition) is 1. The molecule has 3 rings (SSSR count). The summed E-state index contributed by atoms with van der Waals surface area (Å²) in [5, 5.41) is 3.12. The maximum absolute atomic E-state index is 12.2. The van der Waals surface area contributed by atoms with Gasteiger partial charge in [-0.2, -0.15) is 0 Å². The maximum atomic E-state index is 12.2. The lowest BCUT2D eigenvalue weighted by Crippen LogP contribution is -2.54. The molecule has 0 unspecified atom stereocenters. The Morgan fingerprint density at radius 2 is 1.86 bits per heavy atom. The normalized spacial score (nSPS) is 20.8. The van der Waals surface area contributed by atoms with Crippen LogP contribution in [0.5, 0.6) is 0 Å². The molecule has 22 heavy (non-hydrogen) atoms. The molecule has 1 aromatic rings. The van der Waals surface area contributed by atoms with E-state index >= 15 is 0 Å². The number of carbonyl (C=O) groups excluding carboxylic acids is 1. The van der Waals surface area contributed by atoms with Gasteiger partial charge in [-0.25, -0.2) is 0 Å². The number of benzene rings is 1. The molecule has 4 nitrogen and oxygen atoms in total. The van der Waals surface area contributed by atoms with Crippen molar-refractivity contribution in [3.63, 3.8) is 0 Å². The number of aryl methyl sites for hydroxylation is 1. The highest BCUT2D eigenvalue weighted by Gasteiger charge is 2.30. The fraction of sp³-hybridized carbons (Fsp3) is 0.611. The number of anilines is 1. The van der Waals surface area contributed by atoms with Crippen LogP contribution in [0.25, 0.3) is 0 Å². The van der Waals surface area contributed by atoms with E-state index in [4.69, 9.17) is 0 Å². The number of piperazine rings is 1. The van der Waals surface area contributed by atoms with Gasteiger partial charge in [0.2, 0.25) is 5.91 Å². The number of carbonyl (C=O) groups is 1. The van der Waals surface area contributed by atoms with E-state index in [9.17, 15) is 4.79 Å². The summed E-state index contributed by atoms with van der Waals surface area (Å²) in [5.41, 5.74) is 4.06. The Labute approximate surface area is 133 Å². The zero-order valence-electron chi connectivity index (χ0n) is 13.9. The van der Waals surface area contributed by atoms with Gasteiger partial charge in [0.1, 0.15) is 0 Å². The smallest absolute Gasteiger partial charge is 0.237 e. The Kier molecular flexibility index (Phi) is 4.39. The summed E-state index contributed by atoms with van der Waals surface area (Å²) < 4.78 is 0. The average Bonchev–Trinajstić information content (AvgIpc) is 3.33. The largest absolute Gasteiger partial charge is 0.369 e. The first kappa shape index (κ1) is 15.3. The molecule has 1 saturated carbocycles. The van der Waals surface area contributed by atoms with Gasteiger partial charge in [0.25, 0.3) is 0 Å². The van der Waals surface area contributed by atoms with Crippen LogP contribution in [-0.4, -0.2) is 49.1 Å². The van der Waals surface area contributed by atoms with Crippen molar-refractivity contribution in [2.24, 2.45) is 0 Å². The second kappa shape index (κ2) is 6.29. The van der Waals surface area contributed by atoms with Gasteiger partial charge in [0.15, 0.2) is 0 Å². The number of amides is 1. The van der Waals surface area contributed by atoms with E-state index < -0.39 is 0 Å². The van der Waals surface area contributed by atoms with Crippen molar-refractivity contribution < 1.29 is 4.79 Å². The summed E-state index contributed by atoms with van der Waals surface area (Å²) in [4.78, 5) is 16.9. The second-order valence-corrected chi connectivity index (χ2v) is 6.70. The summed E-state index contributed by atoms with van der Waals surface area (Å²) in [6, 6.07) is 6.95. The molecule has 1 N–H and O–H groups in total. The van der Waals surface area contributed by atoms with E-state index in [1.54, 1.807) is 0 Å². The quantitative estimate of drug-likeness (QED) is 0.925. The predicted molar refractivity (Wildman–Crippen MR) is 90.3 cm³/mol. The molecule has 1 saturated heterocycles. The molecule has 2 fully saturated rings. The van der Waals surface area contributed by atoms with Crippen LogP contribution in [0.1, 0.15) is 30.9 Å². The van der Waals surface area contributed by atoms with E-state index in [0.29, 0.717) is 6.04 Å². The summed E-state index contributed by atoms with van der Waals surface area (Å²) in [5.74, 6) is 0.197. The zero-order chi connectivity index (χ0) is 15.7. The number of nitrogens with one attached hydrogen (secondary N) is 1. The minimum Gasteiger partial charge on any atom is -0.369 e. The first-order valence-electron chi connectivity index (χ1n) is 8.42. The molecule has 1 heterocycles. The second-order valence-electron chi connectivity index (χ2n) is 6.70. The Morgan fingerprint density at radius 3 is 2.50 bits per heavy atom. The van der Waals surface area contributed by atoms with E-state index in [0.717, 1.165) is 39.0 Å². The molecule has 1 aliphatic carbocycles. The van der Waals surface area contributed by atoms with Crippen LogP contribution in [0.2, 0.25) is 0 Å². The van der Waals surface area contributed by atoms with Crippen LogP contribution in [0.3, 0.4) is 0 Å². The highest BCUT2D eigenvalue weighted by Crippen LogP contribution is 2.24. The molecule has 0 bridgehead atoms. The fourth-order valence-corrected chi connectivity index (χ4v) is 3.14. The molecule has 0 aromatic heterocycles. The standard InChI is InChI=1S/C18H27N3O/c1-13-5-4-6-17(14(13)2)21-11-9-20(10-12-21)15(3)18(22)19-16-7-8-16/h4-6,15-16H,7-12H2,1-3H3,(H,19,22)/t15-/m1/s1. The third-order valence-electron chi connectivity index (χ3n) is 5.08. The SMILES string of the molecule is Cc1cccc(N2CCN([C@H](C)C(=O)NC3CC3)CC2)c1C. The summed E-state index contributed by atoms with van der Waals surface area (Å²) in [6.07, 6.45) is 2.30. The van der Waals surface area contributed by atoms with Crippen LogP contribution < -0.4 is 10.2 Å². The third kappa shape index (κ3) is 3.27. The van der Waals surface area contributed by atoms with Gasteiger partial charge in [0.05, 0.1) is 6.04 Å². The predicted octanol–water partition coefficient (Wildman–Crippen LogP) is 2.09. The Hall–Kier alpha value is -1.55. The van der Waals surface area contributed by atoms with Gasteiger partial charge < -0.3 is 10.2 Å². The molecule has 1 atom stereocenters. The lowest BCUT2D eigenvalue weighted by molar-refractivity contribution is -0.126. The molecule has 120 valence electrons. The summed E-state index contributed by atoms with van der Waals surface area (Å²) >= 11 is 0. The van der Waals surface area contributed by atoms with Crippen molar-refractivity contribution in [2.45, 2.75) is 45.7 Å². The molecule has 2 aliphatic rings. The molecule has 0 radical (unpaired) electrons. The Balaban J connectivity index is 1.57. The van der Waals surface area contributed by atoms with Crippen LogP contribution in [-0.2, 0) is 4.79 Å². The monoisotopic (exact) mass is 301 g/mol. The lowest BCUT2D eigenvalue weighted by Gasteiger charge is -2.39. The molecular weight excluding hydrogens is 274 g/mol. The van der Waals surface area contributed by atoms with Gasteiger partial charge in [-0.05, 0) is 50.8 Å². The van der Waals surface area contributed by atoms with E-state index in [1.807, 2.05) is 6.92 Å². The van der Waals surface area contributed by atoms with Crippen LogP contribution in [0.4, 0.5) is 5.69 Å². The zero-order valence-corrected chi connectivity index (χ0v) is 13.9. The van der Waals surface area contributed by atoms with E-state index in [2.05, 4.69) is 47.2 Å². The van der Waals surface area contributed by atoms with Crippen molar-refractivity contribution in [1.82, 2.24) is 10.2 Å². The first-order valence-corrected chi connectivity index (χ1v) is 8.42. The minimum absolute atomic E-state index is 0.0126. The van der Waals surface area contributed by atoms with E-state index in [-0.39, 0.29) is 11.9 Å². The highest BCUT2D eigenvalue weighted by atomic mass is 16.2. The van der Waals surface area contributed by atoms with Gasteiger partial charge in [-0.1, -0.05) is 12.1 Å². The first-order chi connectivity index (χ1) is 10.6. The summed E-state index contributed by atoms with van der Waals surface area (Å²) in [6.45, 7) is 10.3.